The molecule has 0 saturated carbocycles. The van der Waals surface area contributed by atoms with Gasteiger partial charge in [0.15, 0.2) is 0 Å². The lowest BCUT2D eigenvalue weighted by atomic mass is 9.95. The van der Waals surface area contributed by atoms with E-state index >= 15 is 0 Å². The SMILES string of the molecule is CCC(C)(O)CCCCCCCC1O[C@@H]1CCCCCC(=O)OC(C)C. The molecular formula is C22H42O4. The quantitative estimate of drug-likeness (QED) is 0.220. The van der Waals surface area contributed by atoms with E-state index in [1.807, 2.05) is 27.7 Å². The molecule has 0 aliphatic carbocycles. The minimum absolute atomic E-state index is 0.00524. The van der Waals surface area contributed by atoms with E-state index < -0.39 is 5.60 Å². The van der Waals surface area contributed by atoms with Crippen LogP contribution in [0.1, 0.15) is 111 Å². The molecule has 1 aliphatic heterocycles. The van der Waals surface area contributed by atoms with Crippen LogP contribution in [-0.2, 0) is 14.3 Å². The zero-order chi connectivity index (χ0) is 19.4. The summed E-state index contributed by atoms with van der Waals surface area (Å²) in [6.45, 7) is 7.76. The predicted octanol–water partition coefficient (Wildman–Crippen LogP) is 5.55. The van der Waals surface area contributed by atoms with Crippen molar-refractivity contribution >= 4 is 5.97 Å². The fourth-order valence-corrected chi connectivity index (χ4v) is 3.36. The molecule has 0 aromatic carbocycles. The summed E-state index contributed by atoms with van der Waals surface area (Å²) in [6.07, 6.45) is 14.9. The Morgan fingerprint density at radius 1 is 1.00 bits per heavy atom. The topological polar surface area (TPSA) is 59.1 Å². The van der Waals surface area contributed by atoms with E-state index in [9.17, 15) is 9.90 Å². The fourth-order valence-electron chi connectivity index (χ4n) is 3.36. The molecule has 0 amide bonds. The molecule has 1 saturated heterocycles. The Hall–Kier alpha value is -0.610. The minimum Gasteiger partial charge on any atom is -0.463 e. The number of carbonyl (C=O) groups excluding carboxylic acids is 1. The monoisotopic (exact) mass is 370 g/mol. The maximum absolute atomic E-state index is 11.4. The number of rotatable bonds is 16. The van der Waals surface area contributed by atoms with E-state index in [0.29, 0.717) is 18.6 Å². The molecule has 154 valence electrons. The van der Waals surface area contributed by atoms with Gasteiger partial charge in [0.1, 0.15) is 0 Å². The van der Waals surface area contributed by atoms with E-state index in [2.05, 4.69) is 0 Å². The van der Waals surface area contributed by atoms with Crippen LogP contribution in [0.25, 0.3) is 0 Å². The van der Waals surface area contributed by atoms with E-state index in [4.69, 9.17) is 9.47 Å². The largest absolute Gasteiger partial charge is 0.463 e. The number of ether oxygens (including phenoxy) is 2. The molecule has 1 N–H and O–H groups in total. The Balaban J connectivity index is 1.84. The van der Waals surface area contributed by atoms with E-state index in [1.165, 1.54) is 32.1 Å². The molecule has 1 heterocycles. The minimum atomic E-state index is -0.468. The first kappa shape index (κ1) is 23.4. The zero-order valence-corrected chi connectivity index (χ0v) is 17.6. The molecule has 4 nitrogen and oxygen atoms in total. The van der Waals surface area contributed by atoms with E-state index in [1.54, 1.807) is 0 Å². The molecular weight excluding hydrogens is 328 g/mol. The van der Waals surface area contributed by atoms with Crippen molar-refractivity contribution in [2.24, 2.45) is 0 Å². The number of unbranched alkanes of at least 4 members (excludes halogenated alkanes) is 6. The summed E-state index contributed by atoms with van der Waals surface area (Å²) in [5, 5.41) is 9.96. The van der Waals surface area contributed by atoms with Crippen molar-refractivity contribution < 1.29 is 19.4 Å². The van der Waals surface area contributed by atoms with Gasteiger partial charge in [0.05, 0.1) is 23.9 Å². The second-order valence-electron chi connectivity index (χ2n) is 8.51. The average Bonchev–Trinajstić information content (AvgIpc) is 3.31. The highest BCUT2D eigenvalue weighted by Gasteiger charge is 2.36. The number of hydrogen-bond acceptors (Lipinski definition) is 4. The van der Waals surface area contributed by atoms with Crippen LogP contribution in [-0.4, -0.2) is 35.0 Å². The van der Waals surface area contributed by atoms with Crippen molar-refractivity contribution in [3.63, 3.8) is 0 Å². The number of aliphatic hydroxyl groups is 1. The summed E-state index contributed by atoms with van der Waals surface area (Å²) < 4.78 is 10.9. The first-order valence-electron chi connectivity index (χ1n) is 10.9. The van der Waals surface area contributed by atoms with Gasteiger partial charge in [-0.2, -0.15) is 0 Å². The molecule has 2 unspecified atom stereocenters. The molecule has 4 heteroatoms. The summed E-state index contributed by atoms with van der Waals surface area (Å²) >= 11 is 0. The summed E-state index contributed by atoms with van der Waals surface area (Å²) in [4.78, 5) is 11.4. The first-order valence-corrected chi connectivity index (χ1v) is 10.9. The van der Waals surface area contributed by atoms with Gasteiger partial charge < -0.3 is 14.6 Å². The van der Waals surface area contributed by atoms with Crippen LogP contribution in [0.2, 0.25) is 0 Å². The molecule has 0 bridgehead atoms. The number of hydrogen-bond donors (Lipinski definition) is 1. The lowest BCUT2D eigenvalue weighted by Gasteiger charge is -2.20. The Labute approximate surface area is 161 Å². The van der Waals surface area contributed by atoms with Crippen molar-refractivity contribution in [3.05, 3.63) is 0 Å². The van der Waals surface area contributed by atoms with Gasteiger partial charge in [-0.05, 0) is 52.9 Å². The molecule has 3 atom stereocenters. The van der Waals surface area contributed by atoms with Gasteiger partial charge in [0.25, 0.3) is 0 Å². The average molecular weight is 371 g/mol. The third kappa shape index (κ3) is 11.9. The van der Waals surface area contributed by atoms with Gasteiger partial charge in [-0.15, -0.1) is 0 Å². The highest BCUT2D eigenvalue weighted by atomic mass is 16.6. The summed E-state index contributed by atoms with van der Waals surface area (Å²) in [5.41, 5.74) is -0.468. The Bertz CT molecular complexity index is 378. The van der Waals surface area contributed by atoms with Crippen LogP contribution in [0.15, 0.2) is 0 Å². The van der Waals surface area contributed by atoms with E-state index in [-0.39, 0.29) is 12.1 Å². The Morgan fingerprint density at radius 2 is 1.54 bits per heavy atom. The Morgan fingerprint density at radius 3 is 2.12 bits per heavy atom. The number of esters is 1. The van der Waals surface area contributed by atoms with Crippen LogP contribution < -0.4 is 0 Å². The predicted molar refractivity (Wildman–Crippen MR) is 106 cm³/mol. The van der Waals surface area contributed by atoms with Crippen LogP contribution >= 0.6 is 0 Å². The third-order valence-electron chi connectivity index (χ3n) is 5.39. The highest BCUT2D eigenvalue weighted by molar-refractivity contribution is 5.69. The van der Waals surface area contributed by atoms with Crippen LogP contribution in [0.4, 0.5) is 0 Å². The molecule has 26 heavy (non-hydrogen) atoms. The van der Waals surface area contributed by atoms with Crippen LogP contribution in [0.5, 0.6) is 0 Å². The van der Waals surface area contributed by atoms with Gasteiger partial charge in [-0.25, -0.2) is 0 Å². The summed E-state index contributed by atoms with van der Waals surface area (Å²) in [6, 6.07) is 0. The van der Waals surface area contributed by atoms with E-state index in [0.717, 1.165) is 44.9 Å². The van der Waals surface area contributed by atoms with Gasteiger partial charge >= 0.3 is 5.97 Å². The van der Waals surface area contributed by atoms with Gasteiger partial charge in [-0.1, -0.05) is 51.9 Å². The lowest BCUT2D eigenvalue weighted by molar-refractivity contribution is -0.147. The van der Waals surface area contributed by atoms with Crippen molar-refractivity contribution in [1.29, 1.82) is 0 Å². The zero-order valence-electron chi connectivity index (χ0n) is 17.6. The number of epoxide rings is 1. The van der Waals surface area contributed by atoms with Gasteiger partial charge in [0.2, 0.25) is 0 Å². The second-order valence-corrected chi connectivity index (χ2v) is 8.51. The molecule has 0 radical (unpaired) electrons. The maximum atomic E-state index is 11.4. The fraction of sp³-hybridized carbons (Fsp3) is 0.955. The molecule has 0 spiro atoms. The molecule has 0 aromatic heterocycles. The summed E-state index contributed by atoms with van der Waals surface area (Å²) in [5.74, 6) is -0.0705. The normalized spacial score (nSPS) is 21.6. The Kier molecular flexibility index (Phi) is 11.5. The molecule has 0 aromatic rings. The number of carbonyl (C=O) groups is 1. The standard InChI is InChI=1S/C22H42O4/c1-5-22(4,24)17-13-8-6-7-10-14-19-20(26-19)15-11-9-12-16-21(23)25-18(2)3/h18-20,24H,5-17H2,1-4H3/t19?,20-,22?/m1/s1. The lowest BCUT2D eigenvalue weighted by Crippen LogP contribution is -2.22. The maximum Gasteiger partial charge on any atom is 0.306 e. The first-order chi connectivity index (χ1) is 12.3. The van der Waals surface area contributed by atoms with Crippen molar-refractivity contribution in [1.82, 2.24) is 0 Å². The summed E-state index contributed by atoms with van der Waals surface area (Å²) in [7, 11) is 0. The van der Waals surface area contributed by atoms with Crippen LogP contribution in [0.3, 0.4) is 0 Å². The molecule has 1 fully saturated rings. The van der Waals surface area contributed by atoms with Crippen LogP contribution in [0, 0.1) is 0 Å². The second kappa shape index (κ2) is 12.7. The highest BCUT2D eigenvalue weighted by Crippen LogP contribution is 2.32. The van der Waals surface area contributed by atoms with Gasteiger partial charge in [0, 0.05) is 6.42 Å². The molecule has 1 aliphatic rings. The van der Waals surface area contributed by atoms with Gasteiger partial charge in [-0.3, -0.25) is 4.79 Å². The molecule has 1 rings (SSSR count). The van der Waals surface area contributed by atoms with Crippen molar-refractivity contribution in [2.75, 3.05) is 0 Å². The van der Waals surface area contributed by atoms with Crippen molar-refractivity contribution in [2.45, 2.75) is 135 Å². The third-order valence-corrected chi connectivity index (χ3v) is 5.39. The smallest absolute Gasteiger partial charge is 0.306 e. The van der Waals surface area contributed by atoms with Crippen molar-refractivity contribution in [3.8, 4) is 0 Å².